The van der Waals surface area contributed by atoms with Crippen LogP contribution in [-0.4, -0.2) is 49.6 Å². The first kappa shape index (κ1) is 11.8. The first-order valence-electron chi connectivity index (χ1n) is 5.04. The highest BCUT2D eigenvalue weighted by molar-refractivity contribution is 5.92. The van der Waals surface area contributed by atoms with Crippen LogP contribution in [0.3, 0.4) is 0 Å². The van der Waals surface area contributed by atoms with Gasteiger partial charge in [-0.05, 0) is 0 Å². The largest absolute Gasteiger partial charge is 0.493 e. The van der Waals surface area contributed by atoms with Gasteiger partial charge < -0.3 is 25.8 Å². The summed E-state index contributed by atoms with van der Waals surface area (Å²) < 4.78 is 6.41. The van der Waals surface area contributed by atoms with E-state index in [0.717, 1.165) is 10.9 Å². The van der Waals surface area contributed by atoms with Gasteiger partial charge in [-0.25, -0.2) is 4.98 Å². The molecule has 1 aliphatic heterocycles. The number of aromatic nitrogens is 2. The number of amides is 1. The number of nitrogens with zero attached hydrogens (tertiary/aromatic N) is 2. The second kappa shape index (κ2) is 4.32. The Kier molecular flexibility index (Phi) is 3.01. The quantitative estimate of drug-likeness (QED) is 0.502. The highest BCUT2D eigenvalue weighted by Crippen LogP contribution is 2.32. The van der Waals surface area contributed by atoms with Crippen molar-refractivity contribution in [3.05, 3.63) is 12.0 Å². The van der Waals surface area contributed by atoms with Crippen LogP contribution in [0.15, 0.2) is 6.33 Å². The summed E-state index contributed by atoms with van der Waals surface area (Å²) in [6.45, 7) is -0.230. The Morgan fingerprint density at radius 3 is 2.88 bits per heavy atom. The lowest BCUT2D eigenvalue weighted by Gasteiger charge is -2.16. The standard InChI is InChI=1S/C9H13N3O5/c10-7(15)6-8(16)12(3-11-6)9-5(14)1-4(2-13)17-9/h3-5,9,13-14,16H,1-2H2,(H2,10,15)/t4-,5+,9+/m0/s1. The summed E-state index contributed by atoms with van der Waals surface area (Å²) in [6.07, 6.45) is -0.886. The van der Waals surface area contributed by atoms with Crippen molar-refractivity contribution >= 4 is 5.91 Å². The van der Waals surface area contributed by atoms with Crippen LogP contribution in [0, 0.1) is 0 Å². The molecule has 1 amide bonds. The van der Waals surface area contributed by atoms with E-state index in [0.29, 0.717) is 0 Å². The van der Waals surface area contributed by atoms with E-state index in [1.807, 2.05) is 0 Å². The molecule has 1 fully saturated rings. The number of hydrogen-bond acceptors (Lipinski definition) is 6. The minimum Gasteiger partial charge on any atom is -0.493 e. The average molecular weight is 243 g/mol. The van der Waals surface area contributed by atoms with Crippen molar-refractivity contribution in [1.82, 2.24) is 9.55 Å². The molecule has 0 aliphatic carbocycles. The number of aliphatic hydroxyl groups is 2. The Morgan fingerprint density at radius 2 is 2.41 bits per heavy atom. The van der Waals surface area contributed by atoms with Gasteiger partial charge in [0.1, 0.15) is 12.4 Å². The van der Waals surface area contributed by atoms with Crippen LogP contribution in [-0.2, 0) is 4.74 Å². The van der Waals surface area contributed by atoms with Crippen molar-refractivity contribution in [1.29, 1.82) is 0 Å². The Bertz CT molecular complexity index is 432. The Morgan fingerprint density at radius 1 is 1.71 bits per heavy atom. The second-order valence-corrected chi connectivity index (χ2v) is 3.82. The highest BCUT2D eigenvalue weighted by Gasteiger charge is 2.36. The van der Waals surface area contributed by atoms with E-state index in [9.17, 15) is 15.0 Å². The van der Waals surface area contributed by atoms with Gasteiger partial charge in [-0.3, -0.25) is 9.36 Å². The van der Waals surface area contributed by atoms with Crippen molar-refractivity contribution in [2.75, 3.05) is 6.61 Å². The number of aromatic hydroxyl groups is 1. The van der Waals surface area contributed by atoms with E-state index in [1.54, 1.807) is 0 Å². The van der Waals surface area contributed by atoms with Gasteiger partial charge >= 0.3 is 0 Å². The normalized spacial score (nSPS) is 28.5. The molecule has 1 aliphatic rings. The molecule has 2 rings (SSSR count). The maximum Gasteiger partial charge on any atom is 0.272 e. The van der Waals surface area contributed by atoms with Gasteiger partial charge in [0.05, 0.1) is 12.7 Å². The van der Waals surface area contributed by atoms with Crippen molar-refractivity contribution < 1.29 is 24.9 Å². The predicted octanol–water partition coefficient (Wildman–Crippen LogP) is -1.67. The summed E-state index contributed by atoms with van der Waals surface area (Å²) >= 11 is 0. The van der Waals surface area contributed by atoms with E-state index in [2.05, 4.69) is 4.98 Å². The Labute approximate surface area is 96.3 Å². The molecule has 94 valence electrons. The van der Waals surface area contributed by atoms with Gasteiger partial charge in [-0.15, -0.1) is 0 Å². The molecule has 17 heavy (non-hydrogen) atoms. The van der Waals surface area contributed by atoms with Crippen LogP contribution >= 0.6 is 0 Å². The summed E-state index contributed by atoms with van der Waals surface area (Å²) in [5, 5.41) is 28.3. The topological polar surface area (TPSA) is 131 Å². The van der Waals surface area contributed by atoms with E-state index in [1.165, 1.54) is 0 Å². The van der Waals surface area contributed by atoms with E-state index in [4.69, 9.17) is 15.6 Å². The average Bonchev–Trinajstić information content (AvgIpc) is 2.81. The van der Waals surface area contributed by atoms with Crippen LogP contribution < -0.4 is 5.73 Å². The first-order valence-corrected chi connectivity index (χ1v) is 5.04. The minimum atomic E-state index is -0.895. The first-order chi connectivity index (χ1) is 8.04. The molecule has 0 radical (unpaired) electrons. The zero-order valence-electron chi connectivity index (χ0n) is 8.85. The molecule has 1 aromatic rings. The minimum absolute atomic E-state index is 0.230. The van der Waals surface area contributed by atoms with E-state index >= 15 is 0 Å². The lowest BCUT2D eigenvalue weighted by molar-refractivity contribution is -0.0534. The monoisotopic (exact) mass is 243 g/mol. The maximum atomic E-state index is 10.9. The summed E-state index contributed by atoms with van der Waals surface area (Å²) in [5.74, 6) is -1.33. The number of hydrogen-bond donors (Lipinski definition) is 4. The molecule has 2 heterocycles. The van der Waals surface area contributed by atoms with E-state index < -0.39 is 30.2 Å². The molecule has 3 atom stereocenters. The van der Waals surface area contributed by atoms with Gasteiger partial charge in [0.2, 0.25) is 5.88 Å². The van der Waals surface area contributed by atoms with Crippen molar-refractivity contribution in [2.24, 2.45) is 5.73 Å². The number of rotatable bonds is 3. The molecule has 0 aromatic carbocycles. The third kappa shape index (κ3) is 1.97. The van der Waals surface area contributed by atoms with Crippen molar-refractivity contribution in [3.8, 4) is 5.88 Å². The molecular weight excluding hydrogens is 230 g/mol. The number of aliphatic hydroxyl groups excluding tert-OH is 2. The summed E-state index contributed by atoms with van der Waals surface area (Å²) in [7, 11) is 0. The van der Waals surface area contributed by atoms with Crippen LogP contribution in [0.2, 0.25) is 0 Å². The second-order valence-electron chi connectivity index (χ2n) is 3.82. The SMILES string of the molecule is NC(=O)c1ncn([C@@H]2O[C@H](CO)C[C@H]2O)c1O. The Hall–Kier alpha value is -1.64. The number of nitrogens with two attached hydrogens (primary N) is 1. The lowest BCUT2D eigenvalue weighted by Crippen LogP contribution is -2.19. The predicted molar refractivity (Wildman–Crippen MR) is 54.0 cm³/mol. The molecule has 0 saturated carbocycles. The summed E-state index contributed by atoms with van der Waals surface area (Å²) in [5.41, 5.74) is 4.71. The van der Waals surface area contributed by atoms with Gasteiger partial charge in [0.15, 0.2) is 11.9 Å². The number of primary amides is 1. The molecule has 0 spiro atoms. The lowest BCUT2D eigenvalue weighted by atomic mass is 10.2. The van der Waals surface area contributed by atoms with Crippen LogP contribution in [0.25, 0.3) is 0 Å². The summed E-state index contributed by atoms with van der Waals surface area (Å²) in [4.78, 5) is 14.5. The fourth-order valence-electron chi connectivity index (χ4n) is 1.81. The number of imidazole rings is 1. The molecule has 8 heteroatoms. The number of carbonyl (C=O) groups is 1. The number of carbonyl (C=O) groups excluding carboxylic acids is 1. The molecular formula is C9H13N3O5. The van der Waals surface area contributed by atoms with Crippen LogP contribution in [0.5, 0.6) is 5.88 Å². The van der Waals surface area contributed by atoms with Gasteiger partial charge in [0, 0.05) is 6.42 Å². The zero-order valence-corrected chi connectivity index (χ0v) is 8.85. The number of ether oxygens (including phenoxy) is 1. The van der Waals surface area contributed by atoms with Crippen LogP contribution in [0.4, 0.5) is 0 Å². The van der Waals surface area contributed by atoms with Gasteiger partial charge in [-0.1, -0.05) is 0 Å². The van der Waals surface area contributed by atoms with Crippen LogP contribution in [0.1, 0.15) is 23.1 Å². The van der Waals surface area contributed by atoms with E-state index in [-0.39, 0.29) is 18.7 Å². The molecule has 5 N–H and O–H groups in total. The fourth-order valence-corrected chi connectivity index (χ4v) is 1.81. The third-order valence-corrected chi connectivity index (χ3v) is 2.64. The summed E-state index contributed by atoms with van der Waals surface area (Å²) in [6, 6.07) is 0. The zero-order chi connectivity index (χ0) is 12.6. The smallest absolute Gasteiger partial charge is 0.272 e. The highest BCUT2D eigenvalue weighted by atomic mass is 16.5. The molecule has 1 saturated heterocycles. The van der Waals surface area contributed by atoms with Crippen molar-refractivity contribution in [3.63, 3.8) is 0 Å². The van der Waals surface area contributed by atoms with Gasteiger partial charge in [0.25, 0.3) is 5.91 Å². The molecule has 1 aromatic heterocycles. The van der Waals surface area contributed by atoms with Crippen molar-refractivity contribution in [2.45, 2.75) is 24.9 Å². The molecule has 0 unspecified atom stereocenters. The van der Waals surface area contributed by atoms with Gasteiger partial charge in [-0.2, -0.15) is 0 Å². The molecule has 8 nitrogen and oxygen atoms in total. The third-order valence-electron chi connectivity index (χ3n) is 2.64. The fraction of sp³-hybridized carbons (Fsp3) is 0.556. The Balaban J connectivity index is 2.26. The molecule has 0 bridgehead atoms. The maximum absolute atomic E-state index is 10.9.